The number of fused-ring (bicyclic) bond motifs is 2. The molecule has 8 nitrogen and oxygen atoms in total. The molecule has 2 aromatic heterocycles. The van der Waals surface area contributed by atoms with Gasteiger partial charge in [-0.25, -0.2) is 14.2 Å². The van der Waals surface area contributed by atoms with E-state index in [-0.39, 0.29) is 17.2 Å². The predicted octanol–water partition coefficient (Wildman–Crippen LogP) is 3.71. The predicted molar refractivity (Wildman–Crippen MR) is 126 cm³/mol. The summed E-state index contributed by atoms with van der Waals surface area (Å²) < 4.78 is 20.3. The van der Waals surface area contributed by atoms with E-state index >= 15 is 0 Å². The van der Waals surface area contributed by atoms with E-state index in [2.05, 4.69) is 15.0 Å². The molecule has 0 spiro atoms. The number of benzene rings is 2. The van der Waals surface area contributed by atoms with E-state index in [1.165, 1.54) is 12.1 Å². The number of halogens is 1. The molecule has 4 aromatic rings. The molecule has 0 bridgehead atoms. The van der Waals surface area contributed by atoms with Crippen LogP contribution < -0.4 is 5.32 Å². The zero-order valence-electron chi connectivity index (χ0n) is 18.8. The monoisotopic (exact) mass is 472 g/mol. The number of aromatic nitrogens is 2. The second-order valence-electron chi connectivity index (χ2n) is 8.21. The van der Waals surface area contributed by atoms with E-state index in [0.717, 1.165) is 24.3 Å². The summed E-state index contributed by atoms with van der Waals surface area (Å²) in [5.41, 5.74) is 3.60. The molecule has 0 unspecified atom stereocenters. The van der Waals surface area contributed by atoms with E-state index < -0.39 is 17.7 Å². The number of rotatable bonds is 4. The SMILES string of the molecule is COC(=O)c1cc(NC(=O)c2ccc3c(c2)CN(C(=O)c2ccn4ccnc4c2)CC3)ccc1F. The minimum Gasteiger partial charge on any atom is -0.465 e. The summed E-state index contributed by atoms with van der Waals surface area (Å²) in [5.74, 6) is -2.08. The highest BCUT2D eigenvalue weighted by molar-refractivity contribution is 6.05. The Labute approximate surface area is 200 Å². The maximum atomic E-state index is 13.9. The Kier molecular flexibility index (Phi) is 5.74. The highest BCUT2D eigenvalue weighted by Crippen LogP contribution is 2.23. The zero-order chi connectivity index (χ0) is 24.5. The lowest BCUT2D eigenvalue weighted by Gasteiger charge is -2.29. The van der Waals surface area contributed by atoms with Gasteiger partial charge in [0.05, 0.1) is 12.7 Å². The molecular formula is C26H21FN4O4. The van der Waals surface area contributed by atoms with Crippen LogP contribution in [-0.4, -0.2) is 45.7 Å². The van der Waals surface area contributed by atoms with Crippen LogP contribution in [0.4, 0.5) is 10.1 Å². The minimum absolute atomic E-state index is 0.0994. The summed E-state index contributed by atoms with van der Waals surface area (Å²) in [6, 6.07) is 12.6. The van der Waals surface area contributed by atoms with Gasteiger partial charge in [0.2, 0.25) is 0 Å². The van der Waals surface area contributed by atoms with Crippen molar-refractivity contribution in [3.05, 3.63) is 101 Å². The van der Waals surface area contributed by atoms with Crippen molar-refractivity contribution in [1.82, 2.24) is 14.3 Å². The molecule has 176 valence electrons. The van der Waals surface area contributed by atoms with Gasteiger partial charge in [0, 0.05) is 48.5 Å². The number of carbonyl (C=O) groups is 3. The first kappa shape index (κ1) is 22.3. The topological polar surface area (TPSA) is 93.0 Å². The van der Waals surface area contributed by atoms with Crippen LogP contribution in [0, 0.1) is 5.82 Å². The van der Waals surface area contributed by atoms with Crippen molar-refractivity contribution in [1.29, 1.82) is 0 Å². The Balaban J connectivity index is 1.33. The van der Waals surface area contributed by atoms with E-state index in [0.29, 0.717) is 36.3 Å². The number of esters is 1. The van der Waals surface area contributed by atoms with Crippen molar-refractivity contribution in [2.24, 2.45) is 0 Å². The number of carbonyl (C=O) groups excluding carboxylic acids is 3. The molecule has 1 aliphatic heterocycles. The summed E-state index contributed by atoms with van der Waals surface area (Å²) in [6.07, 6.45) is 5.97. The molecule has 5 rings (SSSR count). The Bertz CT molecular complexity index is 1480. The van der Waals surface area contributed by atoms with Crippen LogP contribution in [-0.2, 0) is 17.7 Å². The lowest BCUT2D eigenvalue weighted by Crippen LogP contribution is -2.36. The van der Waals surface area contributed by atoms with E-state index in [1.54, 1.807) is 41.6 Å². The maximum Gasteiger partial charge on any atom is 0.340 e. The molecule has 0 aliphatic carbocycles. The first-order valence-electron chi connectivity index (χ1n) is 11.0. The number of ether oxygens (including phenoxy) is 1. The quantitative estimate of drug-likeness (QED) is 0.457. The Morgan fingerprint density at radius 1 is 1.00 bits per heavy atom. The normalized spacial score (nSPS) is 12.8. The number of pyridine rings is 1. The molecule has 1 N–H and O–H groups in total. The van der Waals surface area contributed by atoms with Gasteiger partial charge in [0.1, 0.15) is 11.5 Å². The highest BCUT2D eigenvalue weighted by atomic mass is 19.1. The van der Waals surface area contributed by atoms with Crippen molar-refractivity contribution in [2.75, 3.05) is 19.0 Å². The van der Waals surface area contributed by atoms with Crippen LogP contribution in [0.25, 0.3) is 5.65 Å². The van der Waals surface area contributed by atoms with Gasteiger partial charge in [-0.05, 0) is 60.0 Å². The number of nitrogens with one attached hydrogen (secondary N) is 1. The minimum atomic E-state index is -0.830. The molecule has 2 amide bonds. The number of hydrogen-bond donors (Lipinski definition) is 1. The molecular weight excluding hydrogens is 451 g/mol. The molecule has 0 atom stereocenters. The van der Waals surface area contributed by atoms with Crippen molar-refractivity contribution in [2.45, 2.75) is 13.0 Å². The maximum absolute atomic E-state index is 13.9. The number of imidazole rings is 1. The lowest BCUT2D eigenvalue weighted by molar-refractivity contribution is 0.0595. The van der Waals surface area contributed by atoms with Crippen LogP contribution >= 0.6 is 0 Å². The Morgan fingerprint density at radius 2 is 1.86 bits per heavy atom. The second kappa shape index (κ2) is 9.02. The van der Waals surface area contributed by atoms with Crippen LogP contribution in [0.15, 0.2) is 67.1 Å². The average molecular weight is 472 g/mol. The first-order valence-corrected chi connectivity index (χ1v) is 11.0. The van der Waals surface area contributed by atoms with Gasteiger partial charge in [-0.3, -0.25) is 9.59 Å². The van der Waals surface area contributed by atoms with Gasteiger partial charge < -0.3 is 19.4 Å². The number of hydrogen-bond acceptors (Lipinski definition) is 5. The van der Waals surface area contributed by atoms with Gasteiger partial charge in [0.15, 0.2) is 0 Å². The molecule has 3 heterocycles. The zero-order valence-corrected chi connectivity index (χ0v) is 18.8. The van der Waals surface area contributed by atoms with Crippen molar-refractivity contribution < 1.29 is 23.5 Å². The summed E-state index contributed by atoms with van der Waals surface area (Å²) >= 11 is 0. The van der Waals surface area contributed by atoms with Crippen molar-refractivity contribution in [3.63, 3.8) is 0 Å². The molecule has 1 aliphatic rings. The van der Waals surface area contributed by atoms with Crippen LogP contribution in [0.2, 0.25) is 0 Å². The largest absolute Gasteiger partial charge is 0.465 e. The third kappa shape index (κ3) is 4.35. The average Bonchev–Trinajstić information content (AvgIpc) is 3.36. The Hall–Kier alpha value is -4.53. The molecule has 0 radical (unpaired) electrons. The fraction of sp³-hybridized carbons (Fsp3) is 0.154. The second-order valence-corrected chi connectivity index (χ2v) is 8.21. The summed E-state index contributed by atoms with van der Waals surface area (Å²) in [7, 11) is 1.16. The molecule has 2 aromatic carbocycles. The highest BCUT2D eigenvalue weighted by Gasteiger charge is 2.23. The molecule has 0 saturated heterocycles. The van der Waals surface area contributed by atoms with E-state index in [4.69, 9.17) is 0 Å². The molecule has 0 fully saturated rings. The summed E-state index contributed by atoms with van der Waals surface area (Å²) in [6.45, 7) is 0.945. The lowest BCUT2D eigenvalue weighted by atomic mass is 9.96. The number of methoxy groups -OCH3 is 1. The number of nitrogens with zero attached hydrogens (tertiary/aromatic N) is 3. The Morgan fingerprint density at radius 3 is 2.69 bits per heavy atom. The van der Waals surface area contributed by atoms with Crippen molar-refractivity contribution in [3.8, 4) is 0 Å². The third-order valence-electron chi connectivity index (χ3n) is 6.04. The van der Waals surface area contributed by atoms with Crippen LogP contribution in [0.3, 0.4) is 0 Å². The van der Waals surface area contributed by atoms with Gasteiger partial charge >= 0.3 is 5.97 Å². The molecule has 9 heteroatoms. The summed E-state index contributed by atoms with van der Waals surface area (Å²) in [5, 5.41) is 2.68. The number of anilines is 1. The molecule has 35 heavy (non-hydrogen) atoms. The van der Waals surface area contributed by atoms with Crippen LogP contribution in [0.1, 0.15) is 42.2 Å². The standard InChI is InChI=1S/C26H21FN4O4/c1-35-26(34)21-14-20(4-5-22(21)27)29-24(32)17-3-2-16-6-10-31(15-19(16)12-17)25(33)18-7-9-30-11-8-28-23(30)13-18/h2-5,7-9,11-14H,6,10,15H2,1H3,(H,29,32). The summed E-state index contributed by atoms with van der Waals surface area (Å²) in [4.78, 5) is 43.7. The van der Waals surface area contributed by atoms with Crippen molar-refractivity contribution >= 4 is 29.1 Å². The van der Waals surface area contributed by atoms with Gasteiger partial charge in [0.25, 0.3) is 11.8 Å². The van der Waals surface area contributed by atoms with E-state index in [1.807, 2.05) is 16.7 Å². The fourth-order valence-corrected chi connectivity index (χ4v) is 4.17. The van der Waals surface area contributed by atoms with Crippen LogP contribution in [0.5, 0.6) is 0 Å². The van der Waals surface area contributed by atoms with Gasteiger partial charge in [-0.2, -0.15) is 0 Å². The number of amides is 2. The smallest absolute Gasteiger partial charge is 0.340 e. The van der Waals surface area contributed by atoms with E-state index in [9.17, 15) is 18.8 Å². The van der Waals surface area contributed by atoms with Gasteiger partial charge in [-0.1, -0.05) is 6.07 Å². The first-order chi connectivity index (χ1) is 16.9. The third-order valence-corrected chi connectivity index (χ3v) is 6.04. The molecule has 0 saturated carbocycles. The fourth-order valence-electron chi connectivity index (χ4n) is 4.17. The van der Waals surface area contributed by atoms with Gasteiger partial charge in [-0.15, -0.1) is 0 Å².